The van der Waals surface area contributed by atoms with Gasteiger partial charge in [0.2, 0.25) is 5.91 Å². The Bertz CT molecular complexity index is 368. The maximum absolute atomic E-state index is 11.6. The van der Waals surface area contributed by atoms with E-state index in [9.17, 15) is 4.79 Å². The Morgan fingerprint density at radius 1 is 0.720 bits per heavy atom. The molecule has 2 heteroatoms. The molecule has 0 unspecified atom stereocenters. The van der Waals surface area contributed by atoms with Crippen LogP contribution >= 0.6 is 0 Å². The van der Waals surface area contributed by atoms with Crippen molar-refractivity contribution in [1.82, 2.24) is 5.32 Å². The fourth-order valence-electron chi connectivity index (χ4n) is 2.60. The van der Waals surface area contributed by atoms with E-state index in [0.29, 0.717) is 6.42 Å². The van der Waals surface area contributed by atoms with E-state index in [1.54, 1.807) is 0 Å². The number of rotatable bonds is 17. The van der Waals surface area contributed by atoms with Gasteiger partial charge in [-0.05, 0) is 44.9 Å². The number of hydrogen-bond donors (Lipinski definition) is 1. The molecule has 25 heavy (non-hydrogen) atoms. The average molecular weight is 348 g/mol. The summed E-state index contributed by atoms with van der Waals surface area (Å²) in [7, 11) is 0. The molecular weight excluding hydrogens is 306 g/mol. The second kappa shape index (κ2) is 20.7. The monoisotopic (exact) mass is 347 g/mol. The minimum Gasteiger partial charge on any atom is -0.356 e. The molecule has 0 aliphatic rings. The van der Waals surface area contributed by atoms with Crippen molar-refractivity contribution in [1.29, 1.82) is 0 Å². The van der Waals surface area contributed by atoms with Gasteiger partial charge in [-0.25, -0.2) is 0 Å². The van der Waals surface area contributed by atoms with E-state index in [2.05, 4.69) is 55.6 Å². The van der Waals surface area contributed by atoms with Crippen LogP contribution in [-0.4, -0.2) is 12.5 Å². The van der Waals surface area contributed by atoms with Gasteiger partial charge in [-0.15, -0.1) is 0 Å². The number of carbonyl (C=O) groups excluding carboxylic acids is 1. The van der Waals surface area contributed by atoms with Gasteiger partial charge in [-0.3, -0.25) is 4.79 Å². The number of carbonyl (C=O) groups is 1. The van der Waals surface area contributed by atoms with E-state index < -0.39 is 0 Å². The molecule has 2 nitrogen and oxygen atoms in total. The van der Waals surface area contributed by atoms with Gasteiger partial charge in [0.25, 0.3) is 0 Å². The third-order valence-electron chi connectivity index (χ3n) is 4.16. The molecule has 0 atom stereocenters. The quantitative estimate of drug-likeness (QED) is 0.225. The van der Waals surface area contributed by atoms with Crippen molar-refractivity contribution in [3.63, 3.8) is 0 Å². The number of allylic oxidation sites excluding steroid dienone is 6. The van der Waals surface area contributed by atoms with Gasteiger partial charge in [-0.2, -0.15) is 0 Å². The van der Waals surface area contributed by atoms with E-state index in [1.165, 1.54) is 44.9 Å². The summed E-state index contributed by atoms with van der Waals surface area (Å²) in [5.41, 5.74) is 0. The molecule has 0 aliphatic heterocycles. The van der Waals surface area contributed by atoms with E-state index in [1.807, 2.05) is 0 Å². The lowest BCUT2D eigenvalue weighted by atomic mass is 10.1. The van der Waals surface area contributed by atoms with Crippen LogP contribution in [0.4, 0.5) is 0 Å². The Morgan fingerprint density at radius 3 is 2.08 bits per heavy atom. The predicted octanol–water partition coefficient (Wildman–Crippen LogP) is 6.88. The molecule has 0 aromatic rings. The number of unbranched alkanes of at least 4 members (excludes halogenated alkanes) is 7. The fraction of sp³-hybridized carbons (Fsp3) is 0.696. The molecule has 0 heterocycles. The van der Waals surface area contributed by atoms with Gasteiger partial charge in [-0.1, -0.05) is 82.4 Å². The zero-order valence-electron chi connectivity index (χ0n) is 16.8. The SMILES string of the molecule is CC/C=C\C/C=C\C/C=C\CCCCCCCC(=O)NCCCCC. The molecule has 0 aliphatic carbocycles. The fourth-order valence-corrected chi connectivity index (χ4v) is 2.60. The van der Waals surface area contributed by atoms with Crippen molar-refractivity contribution in [2.24, 2.45) is 0 Å². The van der Waals surface area contributed by atoms with Crippen molar-refractivity contribution < 1.29 is 4.79 Å². The molecule has 0 fully saturated rings. The lowest BCUT2D eigenvalue weighted by Crippen LogP contribution is -2.23. The van der Waals surface area contributed by atoms with Gasteiger partial charge in [0, 0.05) is 13.0 Å². The summed E-state index contributed by atoms with van der Waals surface area (Å²) in [5, 5.41) is 3.01. The predicted molar refractivity (Wildman–Crippen MR) is 112 cm³/mol. The lowest BCUT2D eigenvalue weighted by Gasteiger charge is -2.04. The largest absolute Gasteiger partial charge is 0.356 e. The Labute approximate surface area is 156 Å². The molecule has 0 saturated carbocycles. The molecule has 0 bridgehead atoms. The minimum atomic E-state index is 0.234. The van der Waals surface area contributed by atoms with Crippen molar-refractivity contribution in [2.75, 3.05) is 6.54 Å². The van der Waals surface area contributed by atoms with Crippen LogP contribution in [0, 0.1) is 0 Å². The second-order valence-electron chi connectivity index (χ2n) is 6.66. The van der Waals surface area contributed by atoms with Crippen LogP contribution < -0.4 is 5.32 Å². The Balaban J connectivity index is 3.28. The van der Waals surface area contributed by atoms with Gasteiger partial charge in [0.15, 0.2) is 0 Å². The first kappa shape index (κ1) is 23.7. The summed E-state index contributed by atoms with van der Waals surface area (Å²) in [6.45, 7) is 5.20. The Hall–Kier alpha value is -1.31. The summed E-state index contributed by atoms with van der Waals surface area (Å²) in [4.78, 5) is 11.6. The lowest BCUT2D eigenvalue weighted by molar-refractivity contribution is -0.121. The molecule has 1 N–H and O–H groups in total. The molecule has 0 saturated heterocycles. The molecule has 0 spiro atoms. The number of nitrogens with one attached hydrogen (secondary N) is 1. The highest BCUT2D eigenvalue weighted by Gasteiger charge is 1.99. The van der Waals surface area contributed by atoms with Crippen molar-refractivity contribution in [3.8, 4) is 0 Å². The molecular formula is C23H41NO. The molecule has 144 valence electrons. The number of amides is 1. The van der Waals surface area contributed by atoms with Crippen molar-refractivity contribution >= 4 is 5.91 Å². The smallest absolute Gasteiger partial charge is 0.219 e. The summed E-state index contributed by atoms with van der Waals surface area (Å²) in [5.74, 6) is 0.234. The zero-order chi connectivity index (χ0) is 18.4. The zero-order valence-corrected chi connectivity index (χ0v) is 16.8. The summed E-state index contributed by atoms with van der Waals surface area (Å²) >= 11 is 0. The topological polar surface area (TPSA) is 29.1 Å². The van der Waals surface area contributed by atoms with Crippen LogP contribution in [0.2, 0.25) is 0 Å². The highest BCUT2D eigenvalue weighted by Crippen LogP contribution is 2.08. The summed E-state index contributed by atoms with van der Waals surface area (Å²) < 4.78 is 0. The van der Waals surface area contributed by atoms with Crippen LogP contribution in [0.25, 0.3) is 0 Å². The van der Waals surface area contributed by atoms with Crippen molar-refractivity contribution in [2.45, 2.75) is 97.3 Å². The highest BCUT2D eigenvalue weighted by atomic mass is 16.1. The van der Waals surface area contributed by atoms with Crippen LogP contribution in [0.5, 0.6) is 0 Å². The van der Waals surface area contributed by atoms with E-state index in [-0.39, 0.29) is 5.91 Å². The minimum absolute atomic E-state index is 0.234. The first-order chi connectivity index (χ1) is 12.3. The molecule has 0 aromatic carbocycles. The first-order valence-corrected chi connectivity index (χ1v) is 10.5. The van der Waals surface area contributed by atoms with Crippen LogP contribution in [0.1, 0.15) is 97.3 Å². The third kappa shape index (κ3) is 20.6. The van der Waals surface area contributed by atoms with Crippen LogP contribution in [0.15, 0.2) is 36.5 Å². The second-order valence-corrected chi connectivity index (χ2v) is 6.66. The maximum Gasteiger partial charge on any atom is 0.219 e. The van der Waals surface area contributed by atoms with E-state index in [4.69, 9.17) is 0 Å². The molecule has 0 radical (unpaired) electrons. The van der Waals surface area contributed by atoms with Gasteiger partial charge in [0.1, 0.15) is 0 Å². The molecule has 0 aromatic heterocycles. The Morgan fingerprint density at radius 2 is 1.36 bits per heavy atom. The molecule has 0 rings (SSSR count). The summed E-state index contributed by atoms with van der Waals surface area (Å²) in [6.07, 6.45) is 28.1. The Kier molecular flexibility index (Phi) is 19.6. The normalized spacial score (nSPS) is 11.9. The average Bonchev–Trinajstić information content (AvgIpc) is 2.62. The van der Waals surface area contributed by atoms with Crippen molar-refractivity contribution in [3.05, 3.63) is 36.5 Å². The maximum atomic E-state index is 11.6. The molecule has 1 amide bonds. The van der Waals surface area contributed by atoms with Crippen LogP contribution in [0.3, 0.4) is 0 Å². The first-order valence-electron chi connectivity index (χ1n) is 10.5. The highest BCUT2D eigenvalue weighted by molar-refractivity contribution is 5.75. The van der Waals surface area contributed by atoms with Gasteiger partial charge in [0.05, 0.1) is 0 Å². The van der Waals surface area contributed by atoms with Crippen LogP contribution in [-0.2, 0) is 4.79 Å². The number of hydrogen-bond acceptors (Lipinski definition) is 1. The third-order valence-corrected chi connectivity index (χ3v) is 4.16. The summed E-state index contributed by atoms with van der Waals surface area (Å²) in [6, 6.07) is 0. The van der Waals surface area contributed by atoms with Gasteiger partial charge < -0.3 is 5.32 Å². The van der Waals surface area contributed by atoms with Gasteiger partial charge >= 0.3 is 0 Å². The standard InChI is InChI=1S/C23H41NO/c1-3-5-7-8-9-10-11-12-13-14-15-16-17-18-19-21-23(25)24-22-20-6-4-2/h5,7,9-10,12-13H,3-4,6,8,11,14-22H2,1-2H3,(H,24,25)/b7-5-,10-9-,13-12-. The van der Waals surface area contributed by atoms with E-state index >= 15 is 0 Å². The van der Waals surface area contributed by atoms with E-state index in [0.717, 1.165) is 38.6 Å².